The van der Waals surface area contributed by atoms with E-state index in [4.69, 9.17) is 9.47 Å². The second-order valence-electron chi connectivity index (χ2n) is 3.25. The molecule has 0 aliphatic carbocycles. The number of alkyl halides is 1. The Morgan fingerprint density at radius 1 is 1.25 bits per heavy atom. The number of aliphatic hydroxyl groups excluding tert-OH is 2. The minimum Gasteiger partial charge on any atom is -0.493 e. The number of hydrogen-bond acceptors (Lipinski definition) is 4. The highest BCUT2D eigenvalue weighted by Gasteiger charge is 2.22. The Kier molecular flexibility index (Phi) is 5.05. The molecule has 0 aromatic heterocycles. The summed E-state index contributed by atoms with van der Waals surface area (Å²) >= 11 is 3.11. The lowest BCUT2D eigenvalue weighted by Gasteiger charge is -2.19. The van der Waals surface area contributed by atoms with E-state index < -0.39 is 12.2 Å². The van der Waals surface area contributed by atoms with Crippen molar-refractivity contribution in [3.8, 4) is 11.5 Å². The van der Waals surface area contributed by atoms with Crippen molar-refractivity contribution in [1.29, 1.82) is 0 Å². The van der Waals surface area contributed by atoms with E-state index in [1.165, 1.54) is 14.2 Å². The highest BCUT2D eigenvalue weighted by molar-refractivity contribution is 9.09. The smallest absolute Gasteiger partial charge is 0.166 e. The molecule has 1 aromatic rings. The molecular weight excluding hydrogens is 276 g/mol. The number of benzene rings is 1. The predicted molar refractivity (Wildman–Crippen MR) is 64.3 cm³/mol. The molecule has 0 bridgehead atoms. The van der Waals surface area contributed by atoms with Crippen LogP contribution in [0.15, 0.2) is 18.2 Å². The van der Waals surface area contributed by atoms with E-state index in [2.05, 4.69) is 15.9 Å². The van der Waals surface area contributed by atoms with Crippen LogP contribution < -0.4 is 9.47 Å². The molecule has 1 aromatic carbocycles. The summed E-state index contributed by atoms with van der Waals surface area (Å²) in [6, 6.07) is 5.16. The van der Waals surface area contributed by atoms with Crippen LogP contribution in [0.1, 0.15) is 11.7 Å². The lowest BCUT2D eigenvalue weighted by atomic mass is 10.0. The van der Waals surface area contributed by atoms with Crippen molar-refractivity contribution in [2.45, 2.75) is 12.2 Å². The monoisotopic (exact) mass is 290 g/mol. The molecule has 2 atom stereocenters. The summed E-state index contributed by atoms with van der Waals surface area (Å²) in [6.45, 7) is 0. The molecule has 5 heteroatoms. The number of methoxy groups -OCH3 is 2. The highest BCUT2D eigenvalue weighted by atomic mass is 79.9. The summed E-state index contributed by atoms with van der Waals surface area (Å²) in [6.07, 6.45) is -1.90. The van der Waals surface area contributed by atoms with Crippen LogP contribution in [0, 0.1) is 0 Å². The van der Waals surface area contributed by atoms with Crippen molar-refractivity contribution < 1.29 is 19.7 Å². The Hall–Kier alpha value is -0.780. The van der Waals surface area contributed by atoms with Gasteiger partial charge in [0.25, 0.3) is 0 Å². The molecule has 0 heterocycles. The van der Waals surface area contributed by atoms with E-state index in [0.717, 1.165) is 0 Å². The van der Waals surface area contributed by atoms with Crippen LogP contribution in [0.4, 0.5) is 0 Å². The van der Waals surface area contributed by atoms with E-state index in [-0.39, 0.29) is 5.33 Å². The molecule has 0 amide bonds. The van der Waals surface area contributed by atoms with Gasteiger partial charge in [-0.3, -0.25) is 0 Å². The fourth-order valence-electron chi connectivity index (χ4n) is 1.44. The standard InChI is InChI=1S/C11H15BrO4/c1-15-9-5-3-4-7(11(9)16-2)10(14)8(13)6-12/h3-5,8,10,13-14H,6H2,1-2H3. The van der Waals surface area contributed by atoms with Gasteiger partial charge in [0.05, 0.1) is 20.3 Å². The van der Waals surface area contributed by atoms with Crippen molar-refractivity contribution in [2.75, 3.05) is 19.5 Å². The Labute approximate surface area is 103 Å². The van der Waals surface area contributed by atoms with Gasteiger partial charge in [0.15, 0.2) is 11.5 Å². The Bertz CT molecular complexity index is 343. The zero-order valence-corrected chi connectivity index (χ0v) is 10.8. The van der Waals surface area contributed by atoms with E-state index in [1.807, 2.05) is 0 Å². The molecule has 0 fully saturated rings. The molecule has 0 spiro atoms. The topological polar surface area (TPSA) is 58.9 Å². The van der Waals surface area contributed by atoms with Gasteiger partial charge in [-0.1, -0.05) is 28.1 Å². The third-order valence-corrected chi connectivity index (χ3v) is 2.94. The maximum absolute atomic E-state index is 9.91. The van der Waals surface area contributed by atoms with E-state index in [9.17, 15) is 10.2 Å². The van der Waals surface area contributed by atoms with Crippen molar-refractivity contribution in [3.05, 3.63) is 23.8 Å². The SMILES string of the molecule is COc1cccc(C(O)C(O)CBr)c1OC. The molecular formula is C11H15BrO4. The molecule has 0 saturated carbocycles. The molecule has 16 heavy (non-hydrogen) atoms. The third kappa shape index (κ3) is 2.66. The molecule has 0 radical (unpaired) electrons. The largest absolute Gasteiger partial charge is 0.493 e. The molecule has 2 unspecified atom stereocenters. The first kappa shape index (κ1) is 13.3. The maximum Gasteiger partial charge on any atom is 0.166 e. The average molecular weight is 291 g/mol. The molecule has 90 valence electrons. The van der Waals surface area contributed by atoms with Gasteiger partial charge in [0.2, 0.25) is 0 Å². The van der Waals surface area contributed by atoms with E-state index >= 15 is 0 Å². The van der Waals surface area contributed by atoms with Crippen molar-refractivity contribution in [1.82, 2.24) is 0 Å². The quantitative estimate of drug-likeness (QED) is 0.807. The zero-order valence-electron chi connectivity index (χ0n) is 9.18. The molecule has 1 rings (SSSR count). The number of halogens is 1. The number of ether oxygens (including phenoxy) is 2. The van der Waals surface area contributed by atoms with Gasteiger partial charge in [-0.2, -0.15) is 0 Å². The summed E-state index contributed by atoms with van der Waals surface area (Å²) in [5.41, 5.74) is 0.508. The van der Waals surface area contributed by atoms with Crippen LogP contribution in [0.5, 0.6) is 11.5 Å². The number of rotatable bonds is 5. The van der Waals surface area contributed by atoms with Gasteiger partial charge >= 0.3 is 0 Å². The highest BCUT2D eigenvalue weighted by Crippen LogP contribution is 2.35. The summed E-state index contributed by atoms with van der Waals surface area (Å²) in [4.78, 5) is 0. The first-order chi connectivity index (χ1) is 7.65. The second-order valence-corrected chi connectivity index (χ2v) is 3.90. The minimum atomic E-state index is -1.01. The van der Waals surface area contributed by atoms with Gasteiger partial charge in [-0.05, 0) is 6.07 Å². The Balaban J connectivity index is 3.12. The molecule has 4 nitrogen and oxygen atoms in total. The van der Waals surface area contributed by atoms with E-state index in [0.29, 0.717) is 17.1 Å². The molecule has 0 saturated heterocycles. The van der Waals surface area contributed by atoms with Crippen molar-refractivity contribution in [2.24, 2.45) is 0 Å². The second kappa shape index (κ2) is 6.08. The van der Waals surface area contributed by atoms with Gasteiger partial charge < -0.3 is 19.7 Å². The van der Waals surface area contributed by atoms with Crippen LogP contribution >= 0.6 is 15.9 Å². The summed E-state index contributed by atoms with van der Waals surface area (Å²) in [5, 5.41) is 19.8. The number of para-hydroxylation sites is 1. The third-order valence-electron chi connectivity index (χ3n) is 2.27. The molecule has 2 N–H and O–H groups in total. The van der Waals surface area contributed by atoms with Crippen LogP contribution in [0.25, 0.3) is 0 Å². The Morgan fingerprint density at radius 2 is 1.94 bits per heavy atom. The first-order valence-corrected chi connectivity index (χ1v) is 5.90. The lowest BCUT2D eigenvalue weighted by molar-refractivity contribution is 0.0325. The number of aliphatic hydroxyl groups is 2. The first-order valence-electron chi connectivity index (χ1n) is 4.78. The molecule has 0 aliphatic heterocycles. The summed E-state index contributed by atoms with van der Waals surface area (Å²) in [7, 11) is 3.02. The minimum absolute atomic E-state index is 0.286. The fourth-order valence-corrected chi connectivity index (χ4v) is 1.79. The predicted octanol–water partition coefficient (Wildman–Crippen LogP) is 1.49. The van der Waals surface area contributed by atoms with Crippen LogP contribution in [-0.2, 0) is 0 Å². The lowest BCUT2D eigenvalue weighted by Crippen LogP contribution is -2.20. The van der Waals surface area contributed by atoms with Gasteiger partial charge in [-0.15, -0.1) is 0 Å². The van der Waals surface area contributed by atoms with Crippen molar-refractivity contribution >= 4 is 15.9 Å². The average Bonchev–Trinajstić information content (AvgIpc) is 2.35. The zero-order chi connectivity index (χ0) is 12.1. The summed E-state index contributed by atoms with van der Waals surface area (Å²) < 4.78 is 10.3. The van der Waals surface area contributed by atoms with E-state index in [1.54, 1.807) is 18.2 Å². The van der Waals surface area contributed by atoms with Gasteiger partial charge in [-0.25, -0.2) is 0 Å². The van der Waals surface area contributed by atoms with Crippen LogP contribution in [0.2, 0.25) is 0 Å². The Morgan fingerprint density at radius 3 is 2.44 bits per heavy atom. The molecule has 0 aliphatic rings. The maximum atomic E-state index is 9.91. The normalized spacial score (nSPS) is 14.3. The number of hydrogen-bond donors (Lipinski definition) is 2. The van der Waals surface area contributed by atoms with Gasteiger partial charge in [0, 0.05) is 10.9 Å². The summed E-state index contributed by atoms with van der Waals surface area (Å²) in [5.74, 6) is 0.971. The van der Waals surface area contributed by atoms with Crippen molar-refractivity contribution in [3.63, 3.8) is 0 Å². The van der Waals surface area contributed by atoms with Gasteiger partial charge in [0.1, 0.15) is 6.10 Å². The fraction of sp³-hybridized carbons (Fsp3) is 0.455. The van der Waals surface area contributed by atoms with Crippen LogP contribution in [0.3, 0.4) is 0 Å². The van der Waals surface area contributed by atoms with Crippen LogP contribution in [-0.4, -0.2) is 35.9 Å².